The van der Waals surface area contributed by atoms with E-state index in [0.29, 0.717) is 62.9 Å². The SMILES string of the molecule is COc1ccc2nc(C(C)C)c3c(c2c1)CCC1(CC2C(=O)NC4(C(=O)NS(=O)(=O)C5(C)CC5)CCC4C=CCCCCCC(NC(=O)OC(C)(C)C)C(=O)N2C1)O3. The first-order valence-corrected chi connectivity index (χ1v) is 22.3. The van der Waals surface area contributed by atoms with Gasteiger partial charge in [0, 0.05) is 23.3 Å². The average molecular weight is 822 g/mol. The normalized spacial score (nSPS) is 28.5. The Labute approximate surface area is 341 Å². The summed E-state index contributed by atoms with van der Waals surface area (Å²) in [6.07, 6.45) is 9.22. The van der Waals surface area contributed by atoms with Crippen molar-refractivity contribution >= 4 is 44.7 Å². The van der Waals surface area contributed by atoms with Crippen LogP contribution in [0.2, 0.25) is 0 Å². The van der Waals surface area contributed by atoms with Gasteiger partial charge in [0.15, 0.2) is 0 Å². The lowest BCUT2D eigenvalue weighted by Crippen LogP contribution is -2.70. The van der Waals surface area contributed by atoms with Crippen LogP contribution in [0.3, 0.4) is 0 Å². The van der Waals surface area contributed by atoms with Crippen LogP contribution in [0.1, 0.15) is 129 Å². The molecule has 3 fully saturated rings. The number of nitrogens with one attached hydrogen (secondary N) is 3. The second-order valence-electron chi connectivity index (χ2n) is 18.6. The Morgan fingerprint density at radius 3 is 2.48 bits per heavy atom. The topological polar surface area (TPSA) is 182 Å². The van der Waals surface area contributed by atoms with E-state index in [-0.39, 0.29) is 25.3 Å². The molecule has 15 heteroatoms. The van der Waals surface area contributed by atoms with Crippen LogP contribution in [0, 0.1) is 5.92 Å². The quantitative estimate of drug-likeness (QED) is 0.306. The van der Waals surface area contributed by atoms with E-state index in [4.69, 9.17) is 19.2 Å². The molecule has 2 saturated carbocycles. The summed E-state index contributed by atoms with van der Waals surface area (Å²) in [7, 11) is -2.40. The third-order valence-electron chi connectivity index (χ3n) is 12.7. The summed E-state index contributed by atoms with van der Waals surface area (Å²) in [4.78, 5) is 63.7. The molecule has 5 atom stereocenters. The Bertz CT molecular complexity index is 2130. The Kier molecular flexibility index (Phi) is 11.0. The van der Waals surface area contributed by atoms with E-state index in [1.54, 1.807) is 34.8 Å². The van der Waals surface area contributed by atoms with Crippen molar-refractivity contribution in [3.63, 3.8) is 0 Å². The monoisotopic (exact) mass is 821 g/mol. The predicted octanol–water partition coefficient (Wildman–Crippen LogP) is 5.71. The van der Waals surface area contributed by atoms with Crippen molar-refractivity contribution in [1.29, 1.82) is 0 Å². The van der Waals surface area contributed by atoms with Crippen LogP contribution in [0.4, 0.5) is 4.79 Å². The number of methoxy groups -OCH3 is 1. The van der Waals surface area contributed by atoms with Crippen LogP contribution < -0.4 is 24.8 Å². The lowest BCUT2D eigenvalue weighted by Gasteiger charge is -2.48. The van der Waals surface area contributed by atoms with E-state index in [1.807, 2.05) is 44.2 Å². The molecule has 1 aromatic carbocycles. The smallest absolute Gasteiger partial charge is 0.408 e. The third-order valence-corrected chi connectivity index (χ3v) is 14.9. The molecule has 3 aliphatic heterocycles. The van der Waals surface area contributed by atoms with Crippen molar-refractivity contribution in [2.24, 2.45) is 5.92 Å². The molecule has 2 aliphatic carbocycles. The highest BCUT2D eigenvalue weighted by Gasteiger charge is 2.59. The molecule has 1 saturated heterocycles. The molecule has 5 unspecified atom stereocenters. The highest BCUT2D eigenvalue weighted by Crippen LogP contribution is 2.48. The highest BCUT2D eigenvalue weighted by molar-refractivity contribution is 7.91. The zero-order chi connectivity index (χ0) is 41.8. The number of pyridine rings is 1. The maximum Gasteiger partial charge on any atom is 0.408 e. The first kappa shape index (κ1) is 41.7. The molecule has 58 heavy (non-hydrogen) atoms. The van der Waals surface area contributed by atoms with Crippen molar-refractivity contribution in [2.45, 2.75) is 158 Å². The lowest BCUT2D eigenvalue weighted by atomic mass is 9.65. The van der Waals surface area contributed by atoms with Gasteiger partial charge in [-0.1, -0.05) is 38.8 Å². The standard InChI is InChI=1S/C43H59N5O9S/c1-26(2)34-35-29(30-23-28(55-7)15-16-31(30)44-34)18-19-42(56-35)24-33-36(49)46-43(38(51)47-58(53,54)41(6)21-22-41)20-17-27(43)13-11-9-8-10-12-14-32(37(50)48(33)25-42)45-39(52)57-40(3,4)5/h11,13,15-16,23,26-27,32-33H,8-10,12,14,17-22,24-25H2,1-7H3,(H,45,52)(H,46,49)(H,47,51). The summed E-state index contributed by atoms with van der Waals surface area (Å²) >= 11 is 0. The first-order valence-electron chi connectivity index (χ1n) is 20.8. The first-order chi connectivity index (χ1) is 27.3. The number of carbonyl (C=O) groups excluding carboxylic acids is 4. The minimum absolute atomic E-state index is 0.00856. The minimum atomic E-state index is -4.01. The fourth-order valence-electron chi connectivity index (χ4n) is 8.87. The molecule has 4 heterocycles. The summed E-state index contributed by atoms with van der Waals surface area (Å²) in [5, 5.41) is 6.75. The molecule has 7 rings (SSSR count). The molecule has 4 amide bonds. The van der Waals surface area contributed by atoms with Crippen molar-refractivity contribution < 1.29 is 41.8 Å². The zero-order valence-electron chi connectivity index (χ0n) is 34.9. The number of alkyl carbamates (subject to hydrolysis) is 1. The van der Waals surface area contributed by atoms with E-state index in [2.05, 4.69) is 15.4 Å². The highest BCUT2D eigenvalue weighted by atomic mass is 32.2. The molecule has 14 nitrogen and oxygen atoms in total. The molecule has 1 spiro atoms. The van der Waals surface area contributed by atoms with Gasteiger partial charge in [0.1, 0.15) is 40.3 Å². The Morgan fingerprint density at radius 2 is 1.83 bits per heavy atom. The zero-order valence-corrected chi connectivity index (χ0v) is 35.7. The fraction of sp³-hybridized carbons (Fsp3) is 0.651. The maximum absolute atomic E-state index is 14.9. The second kappa shape index (κ2) is 15.3. The number of benzene rings is 1. The van der Waals surface area contributed by atoms with Gasteiger partial charge in [-0.25, -0.2) is 18.2 Å². The molecule has 0 radical (unpaired) electrons. The van der Waals surface area contributed by atoms with Crippen LogP contribution in [-0.2, 0) is 35.6 Å². The van der Waals surface area contributed by atoms with Crippen molar-refractivity contribution in [3.8, 4) is 11.5 Å². The molecule has 1 aromatic heterocycles. The van der Waals surface area contributed by atoms with E-state index >= 15 is 0 Å². The van der Waals surface area contributed by atoms with Gasteiger partial charge in [-0.2, -0.15) is 0 Å². The van der Waals surface area contributed by atoms with Crippen molar-refractivity contribution in [2.75, 3.05) is 13.7 Å². The van der Waals surface area contributed by atoms with E-state index < -0.39 is 73.3 Å². The summed E-state index contributed by atoms with van der Waals surface area (Å²) in [6.45, 7) is 11.0. The number of allylic oxidation sites excluding steroid dienone is 1. The van der Waals surface area contributed by atoms with Gasteiger partial charge in [0.2, 0.25) is 21.8 Å². The minimum Gasteiger partial charge on any atom is -0.497 e. The number of hydrogen-bond acceptors (Lipinski definition) is 10. The van der Waals surface area contributed by atoms with Crippen molar-refractivity contribution in [1.82, 2.24) is 25.2 Å². The largest absolute Gasteiger partial charge is 0.497 e. The van der Waals surface area contributed by atoms with Gasteiger partial charge in [0.25, 0.3) is 5.91 Å². The fourth-order valence-corrected chi connectivity index (χ4v) is 10.2. The molecule has 3 N–H and O–H groups in total. The maximum atomic E-state index is 14.9. The van der Waals surface area contributed by atoms with E-state index in [1.165, 1.54) is 4.90 Å². The Hall–Kier alpha value is -4.40. The number of nitrogens with zero attached hydrogens (tertiary/aromatic N) is 2. The number of aryl methyl sites for hydroxylation is 1. The second-order valence-corrected chi connectivity index (χ2v) is 20.8. The van der Waals surface area contributed by atoms with Crippen LogP contribution in [0.25, 0.3) is 10.9 Å². The molecular weight excluding hydrogens is 763 g/mol. The number of carbonyl (C=O) groups is 4. The molecule has 5 aliphatic rings. The van der Waals surface area contributed by atoms with Crippen LogP contribution in [0.5, 0.6) is 11.5 Å². The van der Waals surface area contributed by atoms with E-state index in [9.17, 15) is 27.6 Å². The number of rotatable bonds is 6. The molecule has 0 bridgehead atoms. The molecule has 316 valence electrons. The number of fused-ring (bicyclic) bond motifs is 5. The van der Waals surface area contributed by atoms with Crippen LogP contribution in [0.15, 0.2) is 30.4 Å². The Morgan fingerprint density at radius 1 is 1.07 bits per heavy atom. The summed E-state index contributed by atoms with van der Waals surface area (Å²) in [5.41, 5.74) is -0.800. The van der Waals surface area contributed by atoms with Crippen LogP contribution >= 0.6 is 0 Å². The van der Waals surface area contributed by atoms with Gasteiger partial charge < -0.3 is 29.7 Å². The molecular formula is C43H59N5O9S. The number of sulfonamides is 1. The number of hydrogen-bond donors (Lipinski definition) is 3. The van der Waals surface area contributed by atoms with Gasteiger partial charge in [-0.3, -0.25) is 19.1 Å². The molecule has 2 aromatic rings. The summed E-state index contributed by atoms with van der Waals surface area (Å²) < 4.78 is 46.2. The summed E-state index contributed by atoms with van der Waals surface area (Å²) in [5.74, 6) is -0.957. The predicted molar refractivity (Wildman–Crippen MR) is 218 cm³/mol. The number of amides is 4. The lowest BCUT2D eigenvalue weighted by molar-refractivity contribution is -0.144. The van der Waals surface area contributed by atoms with Gasteiger partial charge in [-0.05, 0) is 110 Å². The van der Waals surface area contributed by atoms with Gasteiger partial charge in [0.05, 0.1) is 29.6 Å². The van der Waals surface area contributed by atoms with E-state index in [0.717, 1.165) is 35.0 Å². The third kappa shape index (κ3) is 7.99. The van der Waals surface area contributed by atoms with Crippen LogP contribution in [-0.4, -0.2) is 89.3 Å². The average Bonchev–Trinajstić information content (AvgIpc) is 3.81. The van der Waals surface area contributed by atoms with Crippen molar-refractivity contribution in [3.05, 3.63) is 41.6 Å². The summed E-state index contributed by atoms with van der Waals surface area (Å²) in [6, 6.07) is 3.66. The van der Waals surface area contributed by atoms with Gasteiger partial charge >= 0.3 is 6.09 Å². The Balaban J connectivity index is 1.27. The number of ether oxygens (including phenoxy) is 3. The number of aromatic nitrogens is 1. The van der Waals surface area contributed by atoms with Gasteiger partial charge in [-0.15, -0.1) is 0 Å².